The molecule has 172 valence electrons. The summed E-state index contributed by atoms with van der Waals surface area (Å²) in [5, 5.41) is 22.2. The second-order valence-electron chi connectivity index (χ2n) is 9.14. The molecule has 4 heterocycles. The van der Waals surface area contributed by atoms with Gasteiger partial charge in [-0.05, 0) is 36.6 Å². The van der Waals surface area contributed by atoms with E-state index in [9.17, 15) is 19.8 Å². The van der Waals surface area contributed by atoms with Gasteiger partial charge in [-0.1, -0.05) is 20.8 Å². The highest BCUT2D eigenvalue weighted by Crippen LogP contribution is 2.39. The molecule has 2 aliphatic heterocycles. The number of ether oxygens (including phenoxy) is 2. The van der Waals surface area contributed by atoms with Crippen molar-refractivity contribution in [3.8, 4) is 17.1 Å². The summed E-state index contributed by atoms with van der Waals surface area (Å²) in [6, 6.07) is 6.95. The first-order valence-electron chi connectivity index (χ1n) is 11.1. The van der Waals surface area contributed by atoms with Gasteiger partial charge in [0, 0.05) is 28.7 Å². The molecular formula is C25H26N2O6. The van der Waals surface area contributed by atoms with Gasteiger partial charge in [0.15, 0.2) is 5.60 Å². The number of nitrogens with zero attached hydrogens (tertiary/aromatic N) is 2. The van der Waals surface area contributed by atoms with Crippen molar-refractivity contribution < 1.29 is 24.5 Å². The number of carbonyl (C=O) groups is 1. The fraction of sp³-hybridized carbons (Fsp3) is 0.400. The lowest BCUT2D eigenvalue weighted by Gasteiger charge is -2.31. The van der Waals surface area contributed by atoms with Crippen LogP contribution in [-0.4, -0.2) is 32.3 Å². The highest BCUT2D eigenvalue weighted by atomic mass is 16.6. The third-order valence-electron chi connectivity index (χ3n) is 6.48. The van der Waals surface area contributed by atoms with Crippen molar-refractivity contribution in [2.45, 2.75) is 52.6 Å². The SMILES string of the molecule is CC[C@@]1(O)C(=O)OCc2c1cc1n(c2=O)Cc2cc3c(COCC(C)C)c(O)ccc3nc2-1. The van der Waals surface area contributed by atoms with E-state index in [0.29, 0.717) is 52.7 Å². The summed E-state index contributed by atoms with van der Waals surface area (Å²) in [5.41, 5.74) is 1.76. The number of benzene rings is 1. The number of aromatic nitrogens is 2. The van der Waals surface area contributed by atoms with E-state index in [1.54, 1.807) is 29.7 Å². The highest BCUT2D eigenvalue weighted by Gasteiger charge is 2.45. The Bertz CT molecular complexity index is 1360. The maximum atomic E-state index is 13.3. The first-order valence-corrected chi connectivity index (χ1v) is 11.1. The van der Waals surface area contributed by atoms with E-state index in [1.807, 2.05) is 6.07 Å². The molecule has 2 N–H and O–H groups in total. The quantitative estimate of drug-likeness (QED) is 0.450. The average Bonchev–Trinajstić information content (AvgIpc) is 3.15. The number of aromatic hydroxyl groups is 1. The molecule has 1 aromatic carbocycles. The van der Waals surface area contributed by atoms with Crippen molar-refractivity contribution in [2.24, 2.45) is 5.92 Å². The third kappa shape index (κ3) is 3.24. The van der Waals surface area contributed by atoms with E-state index in [0.717, 1.165) is 10.9 Å². The van der Waals surface area contributed by atoms with Gasteiger partial charge in [0.2, 0.25) is 0 Å². The van der Waals surface area contributed by atoms with E-state index in [1.165, 1.54) is 0 Å². The topological polar surface area (TPSA) is 111 Å². The Labute approximate surface area is 190 Å². The molecule has 2 aromatic heterocycles. The molecule has 0 radical (unpaired) electrons. The Balaban J connectivity index is 1.65. The van der Waals surface area contributed by atoms with Crippen LogP contribution in [0, 0.1) is 5.92 Å². The van der Waals surface area contributed by atoms with E-state index in [4.69, 9.17) is 14.5 Å². The first-order chi connectivity index (χ1) is 15.7. The van der Waals surface area contributed by atoms with Crippen molar-refractivity contribution >= 4 is 16.9 Å². The molecule has 3 aromatic rings. The van der Waals surface area contributed by atoms with Gasteiger partial charge in [-0.2, -0.15) is 0 Å². The molecule has 0 saturated carbocycles. The molecule has 8 nitrogen and oxygen atoms in total. The monoisotopic (exact) mass is 450 g/mol. The molecule has 0 unspecified atom stereocenters. The molecule has 5 rings (SSSR count). The summed E-state index contributed by atoms with van der Waals surface area (Å²) >= 11 is 0. The Hall–Kier alpha value is -3.23. The minimum absolute atomic E-state index is 0.0960. The lowest BCUT2D eigenvalue weighted by molar-refractivity contribution is -0.172. The number of phenolic OH excluding ortho intramolecular Hbond substituents is 1. The Morgan fingerprint density at radius 1 is 1.27 bits per heavy atom. The van der Waals surface area contributed by atoms with Crippen LogP contribution in [0.25, 0.3) is 22.3 Å². The van der Waals surface area contributed by atoms with E-state index in [-0.39, 0.29) is 30.9 Å². The summed E-state index contributed by atoms with van der Waals surface area (Å²) in [6.07, 6.45) is 0.0960. The van der Waals surface area contributed by atoms with Crippen molar-refractivity contribution in [1.82, 2.24) is 9.55 Å². The molecule has 0 saturated heterocycles. The molecule has 33 heavy (non-hydrogen) atoms. The Kier molecular flexibility index (Phi) is 5.02. The van der Waals surface area contributed by atoms with Gasteiger partial charge in [-0.25, -0.2) is 9.78 Å². The minimum Gasteiger partial charge on any atom is -0.508 e. The fourth-order valence-corrected chi connectivity index (χ4v) is 4.65. The number of phenols is 1. The van der Waals surface area contributed by atoms with E-state index >= 15 is 0 Å². The van der Waals surface area contributed by atoms with Gasteiger partial charge in [0.1, 0.15) is 12.4 Å². The largest absolute Gasteiger partial charge is 0.508 e. The maximum Gasteiger partial charge on any atom is 0.343 e. The van der Waals surface area contributed by atoms with Gasteiger partial charge in [0.05, 0.1) is 35.6 Å². The first kappa shape index (κ1) is 21.6. The summed E-state index contributed by atoms with van der Waals surface area (Å²) in [7, 11) is 0. The third-order valence-corrected chi connectivity index (χ3v) is 6.48. The van der Waals surface area contributed by atoms with E-state index < -0.39 is 11.6 Å². The van der Waals surface area contributed by atoms with Crippen molar-refractivity contribution in [2.75, 3.05) is 6.61 Å². The number of esters is 1. The normalized spacial score (nSPS) is 18.9. The van der Waals surface area contributed by atoms with Crippen LogP contribution in [0.3, 0.4) is 0 Å². The molecule has 0 amide bonds. The standard InChI is InChI=1S/C25H26N2O6/c1-4-25(31)18-8-20-22-14(9-27(20)23(29)17(18)12-33-24(25)30)7-15-16(11-32-10-13(2)3)21(28)6-5-19(15)26-22/h5-8,13,28,31H,4,9-12H2,1-3H3/t25-/m0/s1. The highest BCUT2D eigenvalue weighted by molar-refractivity contribution is 5.89. The number of rotatable bonds is 5. The number of pyridine rings is 2. The van der Waals surface area contributed by atoms with Crippen LogP contribution in [0.4, 0.5) is 0 Å². The average molecular weight is 450 g/mol. The lowest BCUT2D eigenvalue weighted by atomic mass is 9.86. The molecule has 0 bridgehead atoms. The van der Waals surface area contributed by atoms with Crippen molar-refractivity contribution in [3.05, 3.63) is 56.9 Å². The van der Waals surface area contributed by atoms with Crippen LogP contribution >= 0.6 is 0 Å². The van der Waals surface area contributed by atoms with Crippen LogP contribution in [-0.2, 0) is 39.6 Å². The van der Waals surface area contributed by atoms with Crippen molar-refractivity contribution in [1.29, 1.82) is 0 Å². The summed E-state index contributed by atoms with van der Waals surface area (Å²) in [5.74, 6) is -0.234. The second kappa shape index (κ2) is 7.67. The summed E-state index contributed by atoms with van der Waals surface area (Å²) < 4.78 is 12.5. The van der Waals surface area contributed by atoms with E-state index in [2.05, 4.69) is 13.8 Å². The van der Waals surface area contributed by atoms with Gasteiger partial charge >= 0.3 is 5.97 Å². The van der Waals surface area contributed by atoms with Gasteiger partial charge in [0.25, 0.3) is 5.56 Å². The number of hydrogen-bond acceptors (Lipinski definition) is 7. The molecule has 1 atom stereocenters. The Morgan fingerprint density at radius 2 is 2.06 bits per heavy atom. The molecule has 8 heteroatoms. The number of carbonyl (C=O) groups excluding carboxylic acids is 1. The smallest absolute Gasteiger partial charge is 0.343 e. The molecule has 0 spiro atoms. The van der Waals surface area contributed by atoms with Crippen LogP contribution in [0.2, 0.25) is 0 Å². The van der Waals surface area contributed by atoms with Gasteiger partial charge < -0.3 is 24.3 Å². The lowest BCUT2D eigenvalue weighted by Crippen LogP contribution is -2.44. The van der Waals surface area contributed by atoms with Gasteiger partial charge in [-0.3, -0.25) is 4.79 Å². The predicted molar refractivity (Wildman–Crippen MR) is 121 cm³/mol. The summed E-state index contributed by atoms with van der Waals surface area (Å²) in [6.45, 7) is 6.77. The van der Waals surface area contributed by atoms with Gasteiger partial charge in [-0.15, -0.1) is 0 Å². The van der Waals surface area contributed by atoms with Crippen LogP contribution < -0.4 is 5.56 Å². The van der Waals surface area contributed by atoms with Crippen LogP contribution in [0.1, 0.15) is 49.4 Å². The molecule has 2 aliphatic rings. The number of aliphatic hydroxyl groups is 1. The second-order valence-corrected chi connectivity index (χ2v) is 9.14. The maximum absolute atomic E-state index is 13.3. The Morgan fingerprint density at radius 3 is 2.79 bits per heavy atom. The minimum atomic E-state index is -1.85. The molecular weight excluding hydrogens is 424 g/mol. The number of hydrogen-bond donors (Lipinski definition) is 2. The molecule has 0 aliphatic carbocycles. The predicted octanol–water partition coefficient (Wildman–Crippen LogP) is 2.96. The zero-order valence-electron chi connectivity index (χ0n) is 18.8. The van der Waals surface area contributed by atoms with Crippen molar-refractivity contribution in [3.63, 3.8) is 0 Å². The fourth-order valence-electron chi connectivity index (χ4n) is 4.65. The zero-order chi connectivity index (χ0) is 23.5. The van der Waals surface area contributed by atoms with Crippen LogP contribution in [0.15, 0.2) is 29.1 Å². The number of fused-ring (bicyclic) bond motifs is 5. The van der Waals surface area contributed by atoms with Crippen LogP contribution in [0.5, 0.6) is 5.75 Å². The summed E-state index contributed by atoms with van der Waals surface area (Å²) in [4.78, 5) is 30.4. The number of cyclic esters (lactones) is 1. The molecule has 0 fully saturated rings. The zero-order valence-corrected chi connectivity index (χ0v) is 18.8.